The third kappa shape index (κ3) is 3.38. The van der Waals surface area contributed by atoms with Crippen LogP contribution in [-0.2, 0) is 9.84 Å². The van der Waals surface area contributed by atoms with Gasteiger partial charge in [-0.25, -0.2) is 21.6 Å². The minimum Gasteiger partial charge on any atom is -0.255 e. The van der Waals surface area contributed by atoms with Crippen molar-refractivity contribution in [3.8, 4) is 11.1 Å². The van der Waals surface area contributed by atoms with E-state index in [0.717, 1.165) is 12.3 Å². The lowest BCUT2D eigenvalue weighted by Crippen LogP contribution is -2.06. The van der Waals surface area contributed by atoms with E-state index < -0.39 is 27.3 Å². The van der Waals surface area contributed by atoms with Crippen LogP contribution in [0.2, 0.25) is 0 Å². The van der Waals surface area contributed by atoms with Crippen molar-refractivity contribution in [2.75, 3.05) is 0 Å². The molecule has 0 saturated heterocycles. The molecule has 0 amide bonds. The topological polar surface area (TPSA) is 47.0 Å². The van der Waals surface area contributed by atoms with Crippen LogP contribution < -0.4 is 0 Å². The van der Waals surface area contributed by atoms with E-state index in [9.17, 15) is 21.6 Å². The molecule has 1 heterocycles. The highest BCUT2D eigenvalue weighted by Crippen LogP contribution is 2.37. The molecule has 3 aromatic carbocycles. The molecule has 0 bridgehead atoms. The zero-order valence-corrected chi connectivity index (χ0v) is 16.0. The van der Waals surface area contributed by atoms with Crippen LogP contribution in [0.15, 0.2) is 76.7 Å². The number of aromatic nitrogens is 1. The van der Waals surface area contributed by atoms with Gasteiger partial charge in [-0.2, -0.15) is 0 Å². The molecular weight excluding hydrogens is 399 g/mol. The van der Waals surface area contributed by atoms with Gasteiger partial charge >= 0.3 is 0 Å². The Bertz CT molecular complexity index is 1350. The number of benzene rings is 3. The minimum absolute atomic E-state index is 0.175. The predicted octanol–water partition coefficient (Wildman–Crippen LogP) is 5.46. The monoisotopic (exact) mass is 413 g/mol. The molecule has 0 N–H and O–H groups in total. The molecule has 0 spiro atoms. The molecule has 4 rings (SSSR count). The molecule has 4 aromatic rings. The zero-order valence-electron chi connectivity index (χ0n) is 15.2. The number of nitrogens with zero attached hydrogens (tertiary/aromatic N) is 1. The summed E-state index contributed by atoms with van der Waals surface area (Å²) in [5, 5.41) is 0.381. The third-order valence-corrected chi connectivity index (χ3v) is 6.44. The van der Waals surface area contributed by atoms with Crippen LogP contribution in [0.4, 0.5) is 13.2 Å². The van der Waals surface area contributed by atoms with Gasteiger partial charge in [0.05, 0.1) is 15.3 Å². The van der Waals surface area contributed by atoms with Gasteiger partial charge in [-0.05, 0) is 54.4 Å². The Balaban J connectivity index is 2.06. The molecule has 146 valence electrons. The lowest BCUT2D eigenvalue weighted by molar-refractivity contribution is 0.589. The van der Waals surface area contributed by atoms with Crippen LogP contribution in [0, 0.1) is 24.4 Å². The summed E-state index contributed by atoms with van der Waals surface area (Å²) in [4.78, 5) is 3.69. The lowest BCUT2D eigenvalue weighted by Gasteiger charge is -2.14. The fourth-order valence-corrected chi connectivity index (χ4v) is 4.58. The van der Waals surface area contributed by atoms with Gasteiger partial charge in [0, 0.05) is 23.2 Å². The summed E-state index contributed by atoms with van der Waals surface area (Å²) in [7, 11) is -4.16. The normalized spacial score (nSPS) is 11.7. The molecule has 0 unspecified atom stereocenters. The summed E-state index contributed by atoms with van der Waals surface area (Å²) in [5.74, 6) is -1.65. The summed E-state index contributed by atoms with van der Waals surface area (Å²) in [6.45, 7) is 1.53. The molecule has 29 heavy (non-hydrogen) atoms. The quantitative estimate of drug-likeness (QED) is 0.448. The number of hydrogen-bond donors (Lipinski definition) is 0. The standard InChI is InChI=1S/C22H14F3NO2S/c1-13-2-8-17(11-19(13)25)29(27,28)21-12-26-20-10-16(24)7-9-18(20)22(21)14-3-5-15(23)6-4-14/h2-12H,1H3. The number of rotatable bonds is 3. The molecule has 0 radical (unpaired) electrons. The first-order chi connectivity index (χ1) is 13.8. The molecule has 1 aromatic heterocycles. The van der Waals surface area contributed by atoms with E-state index in [0.29, 0.717) is 16.5 Å². The van der Waals surface area contributed by atoms with E-state index in [2.05, 4.69) is 4.98 Å². The summed E-state index contributed by atoms with van der Waals surface area (Å²) in [6.07, 6.45) is 1.12. The minimum atomic E-state index is -4.16. The highest BCUT2D eigenvalue weighted by molar-refractivity contribution is 7.91. The second-order valence-corrected chi connectivity index (χ2v) is 8.50. The Hall–Kier alpha value is -3.19. The second-order valence-electron chi connectivity index (χ2n) is 6.58. The van der Waals surface area contributed by atoms with E-state index in [4.69, 9.17) is 0 Å². The largest absolute Gasteiger partial charge is 0.255 e. The number of sulfone groups is 1. The molecule has 0 aliphatic rings. The molecule has 7 heteroatoms. The smallest absolute Gasteiger partial charge is 0.208 e. The van der Waals surface area contributed by atoms with E-state index in [1.165, 1.54) is 61.5 Å². The number of fused-ring (bicyclic) bond motifs is 1. The number of pyridine rings is 1. The number of halogens is 3. The van der Waals surface area contributed by atoms with Gasteiger partial charge in [-0.3, -0.25) is 4.98 Å². The van der Waals surface area contributed by atoms with Gasteiger partial charge in [0.1, 0.15) is 17.5 Å². The van der Waals surface area contributed by atoms with Gasteiger partial charge in [0.2, 0.25) is 9.84 Å². The highest BCUT2D eigenvalue weighted by Gasteiger charge is 2.25. The Morgan fingerprint density at radius 1 is 0.828 bits per heavy atom. The third-order valence-electron chi connectivity index (χ3n) is 4.67. The summed E-state index contributed by atoms with van der Waals surface area (Å²) >= 11 is 0. The van der Waals surface area contributed by atoms with Crippen molar-refractivity contribution in [3.63, 3.8) is 0 Å². The fourth-order valence-electron chi connectivity index (χ4n) is 3.13. The van der Waals surface area contributed by atoms with E-state index in [1.807, 2.05) is 0 Å². The van der Waals surface area contributed by atoms with Crippen LogP contribution in [-0.4, -0.2) is 13.4 Å². The summed E-state index contributed by atoms with van der Waals surface area (Å²) in [6, 6.07) is 12.7. The van der Waals surface area contributed by atoms with Crippen LogP contribution in [0.1, 0.15) is 5.56 Å². The van der Waals surface area contributed by atoms with Crippen LogP contribution in [0.25, 0.3) is 22.0 Å². The maximum atomic E-state index is 14.0. The van der Waals surface area contributed by atoms with Crippen molar-refractivity contribution in [2.45, 2.75) is 16.7 Å². The maximum absolute atomic E-state index is 14.0. The van der Waals surface area contributed by atoms with Gasteiger partial charge in [-0.15, -0.1) is 0 Å². The van der Waals surface area contributed by atoms with Crippen molar-refractivity contribution < 1.29 is 21.6 Å². The zero-order chi connectivity index (χ0) is 20.8. The molecular formula is C22H14F3NO2S. The Labute approximate surface area is 165 Å². The predicted molar refractivity (Wildman–Crippen MR) is 104 cm³/mol. The maximum Gasteiger partial charge on any atom is 0.208 e. The lowest BCUT2D eigenvalue weighted by atomic mass is 10.0. The first-order valence-electron chi connectivity index (χ1n) is 8.63. The Kier molecular flexibility index (Phi) is 4.62. The first kappa shape index (κ1) is 19.1. The summed E-state index contributed by atoms with van der Waals surface area (Å²) < 4.78 is 67.7. The fraction of sp³-hybridized carbons (Fsp3) is 0.0455. The van der Waals surface area contributed by atoms with Crippen molar-refractivity contribution in [2.24, 2.45) is 0 Å². The number of aryl methyl sites for hydroxylation is 1. The number of hydrogen-bond acceptors (Lipinski definition) is 3. The van der Waals surface area contributed by atoms with E-state index >= 15 is 0 Å². The van der Waals surface area contributed by atoms with Crippen molar-refractivity contribution in [3.05, 3.63) is 89.9 Å². The molecule has 0 atom stereocenters. The second kappa shape index (κ2) is 7.00. The van der Waals surface area contributed by atoms with Gasteiger partial charge in [-0.1, -0.05) is 18.2 Å². The van der Waals surface area contributed by atoms with Gasteiger partial charge in [0.25, 0.3) is 0 Å². The van der Waals surface area contributed by atoms with Crippen LogP contribution >= 0.6 is 0 Å². The average Bonchev–Trinajstić information content (AvgIpc) is 2.69. The molecule has 0 aliphatic heterocycles. The van der Waals surface area contributed by atoms with Crippen LogP contribution in [0.3, 0.4) is 0 Å². The van der Waals surface area contributed by atoms with Crippen molar-refractivity contribution >= 4 is 20.7 Å². The molecule has 0 fully saturated rings. The molecule has 3 nitrogen and oxygen atoms in total. The molecule has 0 saturated carbocycles. The van der Waals surface area contributed by atoms with E-state index in [-0.39, 0.29) is 20.9 Å². The molecule has 0 aliphatic carbocycles. The Morgan fingerprint density at radius 3 is 2.21 bits per heavy atom. The summed E-state index contributed by atoms with van der Waals surface area (Å²) in [5.41, 5.74) is 1.22. The highest BCUT2D eigenvalue weighted by atomic mass is 32.2. The Morgan fingerprint density at radius 2 is 1.52 bits per heavy atom. The van der Waals surface area contributed by atoms with Crippen LogP contribution in [0.5, 0.6) is 0 Å². The SMILES string of the molecule is Cc1ccc(S(=O)(=O)c2cnc3cc(F)ccc3c2-c2ccc(F)cc2)cc1F. The average molecular weight is 413 g/mol. The van der Waals surface area contributed by atoms with Crippen molar-refractivity contribution in [1.82, 2.24) is 4.98 Å². The van der Waals surface area contributed by atoms with Gasteiger partial charge < -0.3 is 0 Å². The van der Waals surface area contributed by atoms with E-state index in [1.54, 1.807) is 0 Å². The van der Waals surface area contributed by atoms with Gasteiger partial charge in [0.15, 0.2) is 0 Å². The first-order valence-corrected chi connectivity index (χ1v) is 10.1. The van der Waals surface area contributed by atoms with Crippen molar-refractivity contribution in [1.29, 1.82) is 0 Å².